The zero-order valence-corrected chi connectivity index (χ0v) is 17.9. The van der Waals surface area contributed by atoms with Crippen molar-refractivity contribution in [2.75, 3.05) is 11.9 Å². The van der Waals surface area contributed by atoms with E-state index in [1.54, 1.807) is 0 Å². The molecule has 1 N–H and O–H groups in total. The van der Waals surface area contributed by atoms with Gasteiger partial charge in [-0.2, -0.15) is 26.3 Å². The molecule has 11 heteroatoms. The number of benzene rings is 2. The first kappa shape index (κ1) is 24.1. The van der Waals surface area contributed by atoms with Gasteiger partial charge in [-0.3, -0.25) is 0 Å². The lowest BCUT2D eigenvalue weighted by Crippen LogP contribution is -2.10. The largest absolute Gasteiger partial charge is 0.507 e. The van der Waals surface area contributed by atoms with Crippen LogP contribution in [0.3, 0.4) is 0 Å². The topological polar surface area (TPSA) is 29.5 Å². The summed E-state index contributed by atoms with van der Waals surface area (Å²) in [5.41, 5.74) is -1.81. The first-order valence-corrected chi connectivity index (χ1v) is 9.69. The first-order chi connectivity index (χ1) is 12.4. The zero-order valence-electron chi connectivity index (χ0n) is 13.1. The Bertz CT molecular complexity index is 743. The van der Waals surface area contributed by atoms with Crippen LogP contribution in [0.2, 0.25) is 0 Å². The molecule has 0 aromatic heterocycles. The third kappa shape index (κ3) is 7.19. The Morgan fingerprint density at radius 1 is 0.815 bits per heavy atom. The molecule has 0 aliphatic rings. The van der Waals surface area contributed by atoms with Gasteiger partial charge in [0.15, 0.2) is 0 Å². The Labute approximate surface area is 175 Å². The minimum absolute atomic E-state index is 0.0120. The van der Waals surface area contributed by atoms with Gasteiger partial charge in [0.2, 0.25) is 0 Å². The Morgan fingerprint density at radius 2 is 1.30 bits per heavy atom. The third-order valence-corrected chi connectivity index (χ3v) is 4.51. The van der Waals surface area contributed by atoms with Crippen molar-refractivity contribution in [3.8, 4) is 11.5 Å². The second-order valence-corrected chi connectivity index (χ2v) is 7.28. The normalized spacial score (nSPS) is 11.6. The highest BCUT2D eigenvalue weighted by atomic mass is 79.9. The smallest absolute Gasteiger partial charge is 0.421 e. The Kier molecular flexibility index (Phi) is 8.94. The molecule has 0 aliphatic heterocycles. The molecule has 0 atom stereocenters. The second kappa shape index (κ2) is 10.0. The molecule has 2 rings (SSSR count). The summed E-state index contributed by atoms with van der Waals surface area (Å²) in [7, 11) is 0. The molecule has 0 saturated heterocycles. The maximum Gasteiger partial charge on any atom is 0.421 e. The molecule has 0 amide bonds. The van der Waals surface area contributed by atoms with Crippen LogP contribution in [0, 0.1) is 0 Å². The van der Waals surface area contributed by atoms with E-state index in [1.807, 2.05) is 0 Å². The number of phenols is 1. The monoisotopic (exact) mass is 586 g/mol. The van der Waals surface area contributed by atoms with Crippen LogP contribution in [0.15, 0.2) is 45.3 Å². The van der Waals surface area contributed by atoms with Crippen molar-refractivity contribution in [1.29, 1.82) is 0 Å². The SMILES string of the molecule is FC(F)(F)c1c(Br)cccc1OCCBr.Oc1cccc(Br)c1C(F)(F)F. The van der Waals surface area contributed by atoms with Crippen LogP contribution >= 0.6 is 47.8 Å². The molecular weight excluding hydrogens is 578 g/mol. The number of hydrogen-bond acceptors (Lipinski definition) is 2. The van der Waals surface area contributed by atoms with E-state index in [0.717, 1.165) is 6.07 Å². The summed E-state index contributed by atoms with van der Waals surface area (Å²) < 4.78 is 79.0. The van der Waals surface area contributed by atoms with Crippen molar-refractivity contribution in [1.82, 2.24) is 0 Å². The summed E-state index contributed by atoms with van der Waals surface area (Å²) in [6.07, 6.45) is -8.94. The number of ether oxygens (including phenoxy) is 1. The van der Waals surface area contributed by atoms with Gasteiger partial charge in [0.25, 0.3) is 0 Å². The molecule has 0 heterocycles. The van der Waals surface area contributed by atoms with Crippen LogP contribution in [0.4, 0.5) is 26.3 Å². The van der Waals surface area contributed by atoms with Crippen molar-refractivity contribution < 1.29 is 36.2 Å². The van der Waals surface area contributed by atoms with Gasteiger partial charge < -0.3 is 9.84 Å². The van der Waals surface area contributed by atoms with E-state index in [-0.39, 0.29) is 21.3 Å². The number of alkyl halides is 7. The highest BCUT2D eigenvalue weighted by Crippen LogP contribution is 2.41. The van der Waals surface area contributed by atoms with E-state index in [0.29, 0.717) is 5.33 Å². The molecule has 0 bridgehead atoms. The molecule has 2 aromatic carbocycles. The van der Waals surface area contributed by atoms with Gasteiger partial charge >= 0.3 is 12.4 Å². The summed E-state index contributed by atoms with van der Waals surface area (Å²) in [6.45, 7) is 0.194. The lowest BCUT2D eigenvalue weighted by atomic mass is 10.2. The quantitative estimate of drug-likeness (QED) is 0.299. The van der Waals surface area contributed by atoms with Crippen molar-refractivity contribution in [3.63, 3.8) is 0 Å². The summed E-state index contributed by atoms with van der Waals surface area (Å²) in [5, 5.41) is 9.36. The lowest BCUT2D eigenvalue weighted by molar-refractivity contribution is -0.140. The van der Waals surface area contributed by atoms with Crippen LogP contribution in [0.1, 0.15) is 11.1 Å². The molecule has 0 aliphatic carbocycles. The number of halogens is 9. The standard InChI is InChI=1S/C9H7Br2F3O.C7H4BrF3O/c10-4-5-15-7-3-1-2-6(11)8(7)9(12,13)14;8-4-2-1-3-5(12)6(4)7(9,10)11/h1-3H,4-5H2;1-3,12H. The highest BCUT2D eigenvalue weighted by Gasteiger charge is 2.37. The molecule has 0 fully saturated rings. The average molecular weight is 589 g/mol. The van der Waals surface area contributed by atoms with Crippen molar-refractivity contribution in [2.24, 2.45) is 0 Å². The van der Waals surface area contributed by atoms with Crippen LogP contribution in [-0.2, 0) is 12.4 Å². The van der Waals surface area contributed by atoms with Gasteiger partial charge in [0, 0.05) is 14.3 Å². The Hall–Kier alpha value is -0.940. The van der Waals surface area contributed by atoms with E-state index in [2.05, 4.69) is 47.8 Å². The van der Waals surface area contributed by atoms with Gasteiger partial charge in [-0.15, -0.1) is 0 Å². The van der Waals surface area contributed by atoms with Gasteiger partial charge in [-0.05, 0) is 24.3 Å². The highest BCUT2D eigenvalue weighted by molar-refractivity contribution is 9.11. The fourth-order valence-electron chi connectivity index (χ4n) is 1.84. The van der Waals surface area contributed by atoms with Crippen LogP contribution < -0.4 is 4.74 Å². The Morgan fingerprint density at radius 3 is 1.70 bits per heavy atom. The van der Waals surface area contributed by atoms with Crippen molar-refractivity contribution >= 4 is 47.8 Å². The van der Waals surface area contributed by atoms with Crippen LogP contribution in [0.25, 0.3) is 0 Å². The fourth-order valence-corrected chi connectivity index (χ4v) is 3.16. The maximum atomic E-state index is 12.6. The molecule has 2 aromatic rings. The zero-order chi connectivity index (χ0) is 20.8. The van der Waals surface area contributed by atoms with Crippen LogP contribution in [-0.4, -0.2) is 17.0 Å². The Balaban J connectivity index is 0.000000277. The van der Waals surface area contributed by atoms with Gasteiger partial charge in [-0.1, -0.05) is 59.9 Å². The number of rotatable bonds is 3. The maximum absolute atomic E-state index is 12.6. The number of phenolic OH excluding ortho intramolecular Hbond substituents is 1. The fraction of sp³-hybridized carbons (Fsp3) is 0.250. The summed E-state index contributed by atoms with van der Waals surface area (Å²) in [6, 6.07) is 7.69. The average Bonchev–Trinajstić information content (AvgIpc) is 2.50. The summed E-state index contributed by atoms with van der Waals surface area (Å²) in [4.78, 5) is 0. The molecule has 0 radical (unpaired) electrons. The predicted octanol–water partition coefficient (Wildman–Crippen LogP) is 7.42. The molecule has 0 unspecified atom stereocenters. The lowest BCUT2D eigenvalue weighted by Gasteiger charge is -2.14. The summed E-state index contributed by atoms with van der Waals surface area (Å²) >= 11 is 8.65. The van der Waals surface area contributed by atoms with E-state index < -0.39 is 29.2 Å². The molecule has 150 valence electrons. The molecule has 27 heavy (non-hydrogen) atoms. The van der Waals surface area contributed by atoms with Crippen molar-refractivity contribution in [2.45, 2.75) is 12.4 Å². The van der Waals surface area contributed by atoms with E-state index in [4.69, 9.17) is 9.84 Å². The molecule has 2 nitrogen and oxygen atoms in total. The predicted molar refractivity (Wildman–Crippen MR) is 99.2 cm³/mol. The third-order valence-electron chi connectivity index (χ3n) is 2.87. The van der Waals surface area contributed by atoms with E-state index in [1.165, 1.54) is 30.3 Å². The molecular formula is C16H11Br3F6O2. The van der Waals surface area contributed by atoms with Crippen molar-refractivity contribution in [3.05, 3.63) is 56.5 Å². The van der Waals surface area contributed by atoms with Crippen LogP contribution in [0.5, 0.6) is 11.5 Å². The second-order valence-electron chi connectivity index (χ2n) is 4.78. The first-order valence-electron chi connectivity index (χ1n) is 6.98. The van der Waals surface area contributed by atoms with Gasteiger partial charge in [0.05, 0.1) is 6.61 Å². The van der Waals surface area contributed by atoms with Gasteiger partial charge in [0.1, 0.15) is 22.6 Å². The minimum atomic E-state index is -4.52. The summed E-state index contributed by atoms with van der Waals surface area (Å²) in [5.74, 6) is -0.923. The van der Waals surface area contributed by atoms with E-state index in [9.17, 15) is 26.3 Å². The number of hydrogen-bond donors (Lipinski definition) is 1. The molecule has 0 saturated carbocycles. The number of aromatic hydroxyl groups is 1. The van der Waals surface area contributed by atoms with E-state index >= 15 is 0 Å². The molecule has 0 spiro atoms. The van der Waals surface area contributed by atoms with Gasteiger partial charge in [-0.25, -0.2) is 0 Å². The minimum Gasteiger partial charge on any atom is -0.507 e.